The third-order valence-corrected chi connectivity index (χ3v) is 2.64. The fraction of sp³-hybridized carbons (Fsp3) is 0.231. The Kier molecular flexibility index (Phi) is 2.60. The predicted octanol–water partition coefficient (Wildman–Crippen LogP) is 2.69. The molecule has 1 aromatic heterocycles. The van der Waals surface area contributed by atoms with Crippen LogP contribution in [0.4, 0.5) is 0 Å². The molecule has 3 heteroatoms. The van der Waals surface area contributed by atoms with Crippen LogP contribution in [0.5, 0.6) is 0 Å². The maximum atomic E-state index is 11.3. The summed E-state index contributed by atoms with van der Waals surface area (Å²) in [5.41, 5.74) is 3.61. The molecule has 1 aromatic carbocycles. The summed E-state index contributed by atoms with van der Waals surface area (Å²) in [6.45, 7) is 5.44. The van der Waals surface area contributed by atoms with Crippen molar-refractivity contribution in [3.8, 4) is 5.69 Å². The lowest BCUT2D eigenvalue weighted by atomic mass is 10.2. The number of aromatic nitrogens is 2. The minimum atomic E-state index is 0.0531. The topological polar surface area (TPSA) is 34.9 Å². The summed E-state index contributed by atoms with van der Waals surface area (Å²) in [6.07, 6.45) is 1.79. The van der Waals surface area contributed by atoms with Gasteiger partial charge in [0.1, 0.15) is 0 Å². The Morgan fingerprint density at radius 1 is 1.25 bits per heavy atom. The van der Waals surface area contributed by atoms with Gasteiger partial charge >= 0.3 is 0 Å². The molecule has 82 valence electrons. The number of Topliss-reactive ketones (excluding diaryl/α,β-unsaturated/α-hetero) is 1. The van der Waals surface area contributed by atoms with Crippen molar-refractivity contribution >= 4 is 5.78 Å². The molecule has 0 amide bonds. The molecule has 2 rings (SSSR count). The summed E-state index contributed by atoms with van der Waals surface area (Å²) < 4.78 is 1.77. The van der Waals surface area contributed by atoms with E-state index in [9.17, 15) is 4.79 Å². The molecule has 0 N–H and O–H groups in total. The van der Waals surface area contributed by atoms with Gasteiger partial charge in [-0.1, -0.05) is 18.2 Å². The quantitative estimate of drug-likeness (QED) is 0.720. The lowest BCUT2D eigenvalue weighted by Crippen LogP contribution is -1.97. The van der Waals surface area contributed by atoms with Gasteiger partial charge in [-0.15, -0.1) is 0 Å². The highest BCUT2D eigenvalue weighted by atomic mass is 16.1. The molecule has 0 bridgehead atoms. The maximum Gasteiger partial charge on any atom is 0.163 e. The number of carbonyl (C=O) groups is 1. The lowest BCUT2D eigenvalue weighted by molar-refractivity contribution is 0.101. The van der Waals surface area contributed by atoms with Gasteiger partial charge in [0.15, 0.2) is 5.78 Å². The van der Waals surface area contributed by atoms with Crippen molar-refractivity contribution in [2.75, 3.05) is 0 Å². The largest absolute Gasteiger partial charge is 0.294 e. The number of benzene rings is 1. The van der Waals surface area contributed by atoms with E-state index in [1.54, 1.807) is 17.8 Å². The molecule has 0 saturated carbocycles. The summed E-state index contributed by atoms with van der Waals surface area (Å²) >= 11 is 0. The third-order valence-electron chi connectivity index (χ3n) is 2.64. The highest BCUT2D eigenvalue weighted by Crippen LogP contribution is 2.15. The first-order chi connectivity index (χ1) is 7.59. The molecule has 3 nitrogen and oxygen atoms in total. The zero-order valence-electron chi connectivity index (χ0n) is 9.69. The molecular weight excluding hydrogens is 200 g/mol. The van der Waals surface area contributed by atoms with E-state index in [1.807, 2.05) is 38.1 Å². The van der Waals surface area contributed by atoms with Crippen LogP contribution in [0.25, 0.3) is 5.69 Å². The van der Waals surface area contributed by atoms with Gasteiger partial charge in [-0.25, -0.2) is 4.68 Å². The van der Waals surface area contributed by atoms with Crippen molar-refractivity contribution in [2.24, 2.45) is 0 Å². The van der Waals surface area contributed by atoms with Gasteiger partial charge in [0.25, 0.3) is 0 Å². The van der Waals surface area contributed by atoms with Gasteiger partial charge in [0.2, 0.25) is 0 Å². The number of aryl methyl sites for hydroxylation is 2. The first-order valence-corrected chi connectivity index (χ1v) is 5.23. The van der Waals surface area contributed by atoms with Crippen molar-refractivity contribution < 1.29 is 4.79 Å². The predicted molar refractivity (Wildman–Crippen MR) is 63.0 cm³/mol. The number of para-hydroxylation sites is 1. The van der Waals surface area contributed by atoms with Crippen LogP contribution in [0.15, 0.2) is 30.5 Å². The standard InChI is InChI=1S/C13H14N2O/c1-9-6-4-5-7-13(9)15-8-12(11(3)16)10(2)14-15/h4-8H,1-3H3. The van der Waals surface area contributed by atoms with Crippen molar-refractivity contribution in [3.63, 3.8) is 0 Å². The van der Waals surface area contributed by atoms with Crippen LogP contribution in [0.3, 0.4) is 0 Å². The zero-order chi connectivity index (χ0) is 11.7. The lowest BCUT2D eigenvalue weighted by Gasteiger charge is -2.04. The molecule has 0 aliphatic rings. The normalized spacial score (nSPS) is 10.4. The van der Waals surface area contributed by atoms with E-state index in [0.29, 0.717) is 5.56 Å². The highest BCUT2D eigenvalue weighted by molar-refractivity contribution is 5.94. The van der Waals surface area contributed by atoms with Crippen LogP contribution in [0.1, 0.15) is 28.5 Å². The second-order valence-corrected chi connectivity index (χ2v) is 3.92. The second kappa shape index (κ2) is 3.93. The Morgan fingerprint density at radius 2 is 1.94 bits per heavy atom. The summed E-state index contributed by atoms with van der Waals surface area (Å²) in [5.74, 6) is 0.0531. The van der Waals surface area contributed by atoms with Gasteiger partial charge in [-0.3, -0.25) is 4.79 Å². The van der Waals surface area contributed by atoms with Gasteiger partial charge < -0.3 is 0 Å². The number of hydrogen-bond acceptors (Lipinski definition) is 2. The molecule has 0 spiro atoms. The van der Waals surface area contributed by atoms with Gasteiger partial charge in [0, 0.05) is 6.20 Å². The molecule has 0 unspecified atom stereocenters. The Hall–Kier alpha value is -1.90. The van der Waals surface area contributed by atoms with Crippen LogP contribution >= 0.6 is 0 Å². The summed E-state index contributed by atoms with van der Waals surface area (Å²) in [5, 5.41) is 4.36. The molecule has 1 heterocycles. The smallest absolute Gasteiger partial charge is 0.163 e. The monoisotopic (exact) mass is 214 g/mol. The van der Waals surface area contributed by atoms with Crippen molar-refractivity contribution in [1.82, 2.24) is 9.78 Å². The van der Waals surface area contributed by atoms with E-state index in [0.717, 1.165) is 16.9 Å². The van der Waals surface area contributed by atoms with Gasteiger partial charge in [0.05, 0.1) is 16.9 Å². The van der Waals surface area contributed by atoms with Gasteiger partial charge in [-0.05, 0) is 32.4 Å². The summed E-state index contributed by atoms with van der Waals surface area (Å²) in [7, 11) is 0. The van der Waals surface area contributed by atoms with Crippen LogP contribution in [0, 0.1) is 13.8 Å². The van der Waals surface area contributed by atoms with Gasteiger partial charge in [-0.2, -0.15) is 5.10 Å². The molecule has 0 radical (unpaired) electrons. The van der Waals surface area contributed by atoms with Crippen LogP contribution in [-0.2, 0) is 0 Å². The van der Waals surface area contributed by atoms with E-state index < -0.39 is 0 Å². The van der Waals surface area contributed by atoms with E-state index in [4.69, 9.17) is 0 Å². The number of carbonyl (C=O) groups excluding carboxylic acids is 1. The third kappa shape index (κ3) is 1.76. The SMILES string of the molecule is CC(=O)c1cn(-c2ccccc2C)nc1C. The van der Waals surface area contributed by atoms with E-state index in [2.05, 4.69) is 5.10 Å². The molecule has 0 saturated heterocycles. The molecular formula is C13H14N2O. The van der Waals surface area contributed by atoms with Crippen LogP contribution < -0.4 is 0 Å². The fourth-order valence-electron chi connectivity index (χ4n) is 1.75. The average Bonchev–Trinajstić information content (AvgIpc) is 2.61. The molecule has 16 heavy (non-hydrogen) atoms. The maximum absolute atomic E-state index is 11.3. The minimum absolute atomic E-state index is 0.0531. The van der Waals surface area contributed by atoms with Crippen molar-refractivity contribution in [3.05, 3.63) is 47.3 Å². The molecule has 2 aromatic rings. The first kappa shape index (κ1) is 10.6. The van der Waals surface area contributed by atoms with Crippen LogP contribution in [-0.4, -0.2) is 15.6 Å². The Labute approximate surface area is 94.7 Å². The van der Waals surface area contributed by atoms with E-state index in [-0.39, 0.29) is 5.78 Å². The molecule has 0 aliphatic carbocycles. The first-order valence-electron chi connectivity index (χ1n) is 5.23. The highest BCUT2D eigenvalue weighted by Gasteiger charge is 2.10. The zero-order valence-corrected chi connectivity index (χ0v) is 9.69. The summed E-state index contributed by atoms with van der Waals surface area (Å²) in [4.78, 5) is 11.3. The fourth-order valence-corrected chi connectivity index (χ4v) is 1.75. The van der Waals surface area contributed by atoms with Crippen LogP contribution in [0.2, 0.25) is 0 Å². The van der Waals surface area contributed by atoms with E-state index >= 15 is 0 Å². The number of rotatable bonds is 2. The molecule has 0 atom stereocenters. The number of ketones is 1. The summed E-state index contributed by atoms with van der Waals surface area (Å²) in [6, 6.07) is 7.97. The van der Waals surface area contributed by atoms with Crippen molar-refractivity contribution in [2.45, 2.75) is 20.8 Å². The molecule has 0 aliphatic heterocycles. The Bertz CT molecular complexity index is 541. The Morgan fingerprint density at radius 3 is 2.50 bits per heavy atom. The molecule has 0 fully saturated rings. The second-order valence-electron chi connectivity index (χ2n) is 3.92. The number of nitrogens with zero attached hydrogens (tertiary/aromatic N) is 2. The van der Waals surface area contributed by atoms with Crippen molar-refractivity contribution in [1.29, 1.82) is 0 Å². The number of hydrogen-bond donors (Lipinski definition) is 0. The Balaban J connectivity index is 2.54. The van der Waals surface area contributed by atoms with E-state index in [1.165, 1.54) is 0 Å². The average molecular weight is 214 g/mol. The minimum Gasteiger partial charge on any atom is -0.294 e.